The molecule has 0 saturated carbocycles. The van der Waals surface area contributed by atoms with Gasteiger partial charge in [0.2, 0.25) is 0 Å². The molecule has 0 saturated heterocycles. The monoisotopic (exact) mass is 269 g/mol. The van der Waals surface area contributed by atoms with Gasteiger partial charge in [-0.05, 0) is 43.5 Å². The van der Waals surface area contributed by atoms with Gasteiger partial charge >= 0.3 is 0 Å². The molecule has 1 aromatic heterocycles. The van der Waals surface area contributed by atoms with Gasteiger partial charge in [0.15, 0.2) is 0 Å². The number of rotatable bonds is 4. The van der Waals surface area contributed by atoms with Crippen LogP contribution in [-0.4, -0.2) is 11.0 Å². The predicted molar refractivity (Wildman–Crippen MR) is 76.9 cm³/mol. The van der Waals surface area contributed by atoms with Crippen molar-refractivity contribution >= 4 is 5.82 Å². The number of nitrogens with zero attached hydrogens (tertiary/aromatic N) is 2. The molecule has 20 heavy (non-hydrogen) atoms. The molecule has 4 heteroatoms. The van der Waals surface area contributed by atoms with Gasteiger partial charge in [0, 0.05) is 6.04 Å². The van der Waals surface area contributed by atoms with Gasteiger partial charge in [-0.2, -0.15) is 5.26 Å². The van der Waals surface area contributed by atoms with Crippen LogP contribution in [0.4, 0.5) is 10.2 Å². The van der Waals surface area contributed by atoms with Gasteiger partial charge in [-0.3, -0.25) is 0 Å². The molecule has 0 aliphatic rings. The SMILES string of the molecule is Cc1ccc(NC(C)Cc2ccccc2F)nc1C#N. The van der Waals surface area contributed by atoms with Crippen molar-refractivity contribution in [3.8, 4) is 6.07 Å². The smallest absolute Gasteiger partial charge is 0.145 e. The summed E-state index contributed by atoms with van der Waals surface area (Å²) in [6.07, 6.45) is 0.560. The van der Waals surface area contributed by atoms with Gasteiger partial charge in [-0.15, -0.1) is 0 Å². The number of hydrogen-bond acceptors (Lipinski definition) is 3. The van der Waals surface area contributed by atoms with Crippen molar-refractivity contribution in [1.29, 1.82) is 5.26 Å². The van der Waals surface area contributed by atoms with Crippen molar-refractivity contribution < 1.29 is 4.39 Å². The van der Waals surface area contributed by atoms with Crippen LogP contribution in [0.3, 0.4) is 0 Å². The summed E-state index contributed by atoms with van der Waals surface area (Å²) in [5.74, 6) is 0.437. The maximum atomic E-state index is 13.6. The first-order valence-corrected chi connectivity index (χ1v) is 6.48. The van der Waals surface area contributed by atoms with Crippen LogP contribution in [0.15, 0.2) is 36.4 Å². The van der Waals surface area contributed by atoms with Crippen molar-refractivity contribution in [1.82, 2.24) is 4.98 Å². The van der Waals surface area contributed by atoms with Crippen LogP contribution in [0.2, 0.25) is 0 Å². The molecule has 0 aliphatic heterocycles. The second kappa shape index (κ2) is 6.16. The Balaban J connectivity index is 2.07. The Hall–Kier alpha value is -2.41. The maximum Gasteiger partial charge on any atom is 0.145 e. The quantitative estimate of drug-likeness (QED) is 0.924. The first-order valence-electron chi connectivity index (χ1n) is 6.48. The van der Waals surface area contributed by atoms with Gasteiger partial charge < -0.3 is 5.32 Å². The minimum absolute atomic E-state index is 0.0219. The molecule has 3 nitrogen and oxygen atoms in total. The zero-order valence-electron chi connectivity index (χ0n) is 11.5. The summed E-state index contributed by atoms with van der Waals surface area (Å²) in [7, 11) is 0. The average Bonchev–Trinajstić information content (AvgIpc) is 2.43. The van der Waals surface area contributed by atoms with Crippen LogP contribution in [0.1, 0.15) is 23.7 Å². The first kappa shape index (κ1) is 14.0. The van der Waals surface area contributed by atoms with E-state index in [9.17, 15) is 4.39 Å². The molecule has 1 heterocycles. The minimum Gasteiger partial charge on any atom is -0.367 e. The van der Waals surface area contributed by atoms with E-state index in [2.05, 4.69) is 16.4 Å². The van der Waals surface area contributed by atoms with Crippen LogP contribution >= 0.6 is 0 Å². The standard InChI is InChI=1S/C16H16FN3/c1-11-7-8-16(20-15(11)10-18)19-12(2)9-13-5-3-4-6-14(13)17/h3-8,12H,9H2,1-2H3,(H,19,20). The lowest BCUT2D eigenvalue weighted by molar-refractivity contribution is 0.601. The lowest BCUT2D eigenvalue weighted by Gasteiger charge is -2.15. The zero-order chi connectivity index (χ0) is 14.5. The molecule has 0 spiro atoms. The Kier molecular flexibility index (Phi) is 4.31. The van der Waals surface area contributed by atoms with Gasteiger partial charge in [-0.25, -0.2) is 9.37 Å². The highest BCUT2D eigenvalue weighted by atomic mass is 19.1. The number of halogens is 1. The lowest BCUT2D eigenvalue weighted by atomic mass is 10.1. The molecule has 2 rings (SSSR count). The second-order valence-electron chi connectivity index (χ2n) is 4.81. The Morgan fingerprint density at radius 3 is 2.75 bits per heavy atom. The maximum absolute atomic E-state index is 13.6. The van der Waals surface area contributed by atoms with E-state index in [-0.39, 0.29) is 11.9 Å². The van der Waals surface area contributed by atoms with Gasteiger partial charge in [0.25, 0.3) is 0 Å². The summed E-state index contributed by atoms with van der Waals surface area (Å²) in [6, 6.07) is 12.5. The number of pyridine rings is 1. The summed E-state index contributed by atoms with van der Waals surface area (Å²) < 4.78 is 13.6. The van der Waals surface area contributed by atoms with E-state index in [1.54, 1.807) is 12.1 Å². The molecule has 1 unspecified atom stereocenters. The number of benzene rings is 1. The summed E-state index contributed by atoms with van der Waals surface area (Å²) >= 11 is 0. The van der Waals surface area contributed by atoms with Gasteiger partial charge in [0.1, 0.15) is 23.4 Å². The third kappa shape index (κ3) is 3.33. The van der Waals surface area contributed by atoms with Crippen LogP contribution < -0.4 is 5.32 Å². The fraction of sp³-hybridized carbons (Fsp3) is 0.250. The molecule has 0 bridgehead atoms. The number of aryl methyl sites for hydroxylation is 1. The molecule has 0 aliphatic carbocycles. The fourth-order valence-electron chi connectivity index (χ4n) is 2.02. The van der Waals surface area contributed by atoms with E-state index >= 15 is 0 Å². The third-order valence-electron chi connectivity index (χ3n) is 3.08. The van der Waals surface area contributed by atoms with Crippen molar-refractivity contribution in [2.24, 2.45) is 0 Å². The van der Waals surface area contributed by atoms with Gasteiger partial charge in [-0.1, -0.05) is 24.3 Å². The molecule has 1 aromatic carbocycles. The van der Waals surface area contributed by atoms with E-state index in [1.165, 1.54) is 6.07 Å². The van der Waals surface area contributed by atoms with Crippen molar-refractivity contribution in [2.45, 2.75) is 26.3 Å². The zero-order valence-corrected chi connectivity index (χ0v) is 11.5. The van der Waals surface area contributed by atoms with Crippen LogP contribution in [0, 0.1) is 24.1 Å². The van der Waals surface area contributed by atoms with Gasteiger partial charge in [0.05, 0.1) is 0 Å². The van der Waals surface area contributed by atoms with E-state index in [0.29, 0.717) is 23.5 Å². The van der Waals surface area contributed by atoms with Crippen LogP contribution in [0.25, 0.3) is 0 Å². The van der Waals surface area contributed by atoms with Crippen molar-refractivity contribution in [3.63, 3.8) is 0 Å². The summed E-state index contributed by atoms with van der Waals surface area (Å²) in [5, 5.41) is 12.1. The molecule has 1 N–H and O–H groups in total. The van der Waals surface area contributed by atoms with E-state index in [0.717, 1.165) is 5.56 Å². The predicted octanol–water partition coefficient (Wildman–Crippen LogP) is 3.44. The Labute approximate surface area is 118 Å². The van der Waals surface area contributed by atoms with E-state index in [4.69, 9.17) is 5.26 Å². The molecule has 2 aromatic rings. The number of nitrogens with one attached hydrogen (secondary N) is 1. The molecular formula is C16H16FN3. The first-order chi connectivity index (χ1) is 9.60. The van der Waals surface area contributed by atoms with Crippen LogP contribution in [-0.2, 0) is 6.42 Å². The molecule has 0 radical (unpaired) electrons. The Bertz CT molecular complexity index is 646. The highest BCUT2D eigenvalue weighted by Crippen LogP contribution is 2.14. The normalized spacial score (nSPS) is 11.7. The highest BCUT2D eigenvalue weighted by Gasteiger charge is 2.09. The molecule has 1 atom stereocenters. The highest BCUT2D eigenvalue weighted by molar-refractivity contribution is 5.43. The van der Waals surface area contributed by atoms with E-state index in [1.807, 2.05) is 32.0 Å². The van der Waals surface area contributed by atoms with Crippen LogP contribution in [0.5, 0.6) is 0 Å². The van der Waals surface area contributed by atoms with Crippen molar-refractivity contribution in [2.75, 3.05) is 5.32 Å². The summed E-state index contributed by atoms with van der Waals surface area (Å²) in [4.78, 5) is 4.23. The number of hydrogen-bond donors (Lipinski definition) is 1. The Morgan fingerprint density at radius 1 is 1.30 bits per heavy atom. The molecule has 102 valence electrons. The average molecular weight is 269 g/mol. The molecule has 0 amide bonds. The Morgan fingerprint density at radius 2 is 2.05 bits per heavy atom. The molecule has 0 fully saturated rings. The minimum atomic E-state index is -0.198. The molecular weight excluding hydrogens is 253 g/mol. The summed E-state index contributed by atoms with van der Waals surface area (Å²) in [5.41, 5.74) is 1.92. The van der Waals surface area contributed by atoms with E-state index < -0.39 is 0 Å². The third-order valence-corrected chi connectivity index (χ3v) is 3.08. The topological polar surface area (TPSA) is 48.7 Å². The number of aromatic nitrogens is 1. The van der Waals surface area contributed by atoms with Crippen molar-refractivity contribution in [3.05, 3.63) is 59.0 Å². The largest absolute Gasteiger partial charge is 0.367 e. The second-order valence-corrected chi connectivity index (χ2v) is 4.81. The number of nitriles is 1. The summed E-state index contributed by atoms with van der Waals surface area (Å²) in [6.45, 7) is 3.80. The fourth-order valence-corrected chi connectivity index (χ4v) is 2.02. The lowest BCUT2D eigenvalue weighted by Crippen LogP contribution is -2.19. The number of anilines is 1.